The predicted molar refractivity (Wildman–Crippen MR) is 141 cm³/mol. The van der Waals surface area contributed by atoms with Crippen LogP contribution in [-0.4, -0.2) is 51.9 Å². The van der Waals surface area contributed by atoms with Crippen LogP contribution in [0, 0.1) is 11.2 Å². The van der Waals surface area contributed by atoms with Gasteiger partial charge >= 0.3 is 0 Å². The van der Waals surface area contributed by atoms with Crippen LogP contribution in [0.15, 0.2) is 20.0 Å². The van der Waals surface area contributed by atoms with Crippen LogP contribution in [0.4, 0.5) is 4.39 Å². The quantitative estimate of drug-likeness (QED) is 0.365. The van der Waals surface area contributed by atoms with Gasteiger partial charge in [-0.15, -0.1) is 0 Å². The first kappa shape index (κ1) is 26.8. The molecule has 6 nitrogen and oxygen atoms in total. The van der Waals surface area contributed by atoms with E-state index < -0.39 is 28.1 Å². The number of aliphatic hydroxyl groups is 1. The van der Waals surface area contributed by atoms with Crippen molar-refractivity contribution in [3.63, 3.8) is 0 Å². The average Bonchev–Trinajstić information content (AvgIpc) is 3.55. The number of amidine groups is 1. The number of pyridine rings is 1. The van der Waals surface area contributed by atoms with Gasteiger partial charge in [-0.25, -0.2) is 17.9 Å². The summed E-state index contributed by atoms with van der Waals surface area (Å²) in [6.07, 6.45) is 1.74. The van der Waals surface area contributed by atoms with Gasteiger partial charge in [0.15, 0.2) is 0 Å². The molecule has 1 aromatic rings. The van der Waals surface area contributed by atoms with E-state index in [4.69, 9.17) is 10.7 Å². The van der Waals surface area contributed by atoms with E-state index in [1.54, 1.807) is 20.8 Å². The lowest BCUT2D eigenvalue weighted by Gasteiger charge is -2.41. The van der Waals surface area contributed by atoms with Gasteiger partial charge in [0.2, 0.25) is 0 Å². The van der Waals surface area contributed by atoms with Gasteiger partial charge in [-0.1, -0.05) is 38.9 Å². The van der Waals surface area contributed by atoms with Crippen LogP contribution >= 0.6 is 15.9 Å². The number of halogens is 2. The van der Waals surface area contributed by atoms with Crippen molar-refractivity contribution in [3.05, 3.63) is 22.2 Å². The molecule has 186 valence electrons. The molecule has 10 heteroatoms. The minimum absolute atomic E-state index is 0.0240. The molecule has 2 aliphatic rings. The summed E-state index contributed by atoms with van der Waals surface area (Å²) in [6.45, 7) is 12.1. The molecule has 0 spiro atoms. The highest BCUT2D eigenvalue weighted by Gasteiger charge is 2.51. The number of aliphatic imine (C=N–C) groups is 1. The lowest BCUT2D eigenvalue weighted by molar-refractivity contribution is 0.217. The Morgan fingerprint density at radius 2 is 1.82 bits per heavy atom. The molecule has 0 amide bonds. The number of rotatable bonds is 8. The molecule has 1 saturated carbocycles. The van der Waals surface area contributed by atoms with Gasteiger partial charge in [0.1, 0.15) is 32.2 Å². The normalized spacial score (nSPS) is 28.3. The van der Waals surface area contributed by atoms with Gasteiger partial charge in [-0.2, -0.15) is 0 Å². The fraction of sp³-hybridized carbons (Fsp3) is 0.739. The van der Waals surface area contributed by atoms with Crippen molar-refractivity contribution in [2.24, 2.45) is 20.5 Å². The molecular weight excluding hydrogens is 523 g/mol. The van der Waals surface area contributed by atoms with Crippen molar-refractivity contribution >= 4 is 44.8 Å². The molecule has 0 saturated heterocycles. The SMILES string of the molecule is CC[Si](CC)(CC)c1cc(Br)nc([C@]2(C)C[S@](=O)(=NCC3(CO)CC3)C(C)(C)C(N)=N2)c1F. The topological polar surface area (TPSA) is 101 Å². The summed E-state index contributed by atoms with van der Waals surface area (Å²) in [6, 6.07) is 4.61. The molecule has 3 rings (SSSR count). The first-order chi connectivity index (χ1) is 15.3. The molecule has 1 aliphatic heterocycles. The van der Waals surface area contributed by atoms with Gasteiger partial charge in [-0.3, -0.25) is 4.99 Å². The predicted octanol–water partition coefficient (Wildman–Crippen LogP) is 4.30. The molecule has 1 fully saturated rings. The second-order valence-corrected chi connectivity index (χ2v) is 19.4. The lowest BCUT2D eigenvalue weighted by Crippen LogP contribution is -2.56. The maximum absolute atomic E-state index is 16.2. The molecule has 0 radical (unpaired) electrons. The number of nitrogens with zero attached hydrogens (tertiary/aromatic N) is 3. The summed E-state index contributed by atoms with van der Waals surface area (Å²) in [5, 5.41) is 10.5. The van der Waals surface area contributed by atoms with Crippen molar-refractivity contribution in [1.29, 1.82) is 0 Å². The van der Waals surface area contributed by atoms with E-state index in [1.807, 2.05) is 6.07 Å². The van der Waals surface area contributed by atoms with Crippen LogP contribution < -0.4 is 10.9 Å². The second-order valence-electron chi connectivity index (χ2n) is 10.5. The van der Waals surface area contributed by atoms with Gasteiger partial charge < -0.3 is 10.8 Å². The van der Waals surface area contributed by atoms with Crippen molar-refractivity contribution < 1.29 is 13.7 Å². The first-order valence-corrected chi connectivity index (χ1v) is 16.9. The average molecular weight is 562 g/mol. The summed E-state index contributed by atoms with van der Waals surface area (Å²) in [5.41, 5.74) is 5.09. The molecule has 3 N–H and O–H groups in total. The Kier molecular flexibility index (Phi) is 7.29. The zero-order valence-corrected chi connectivity index (χ0v) is 24.1. The largest absolute Gasteiger partial charge is 0.396 e. The highest BCUT2D eigenvalue weighted by atomic mass is 79.9. The minimum Gasteiger partial charge on any atom is -0.396 e. The third-order valence-electron chi connectivity index (χ3n) is 8.20. The van der Waals surface area contributed by atoms with E-state index in [0.29, 0.717) is 11.1 Å². The van der Waals surface area contributed by atoms with Gasteiger partial charge in [0.05, 0.1) is 36.7 Å². The summed E-state index contributed by atoms with van der Waals surface area (Å²) < 4.78 is 34.8. The van der Waals surface area contributed by atoms with E-state index in [2.05, 4.69) is 46.0 Å². The Morgan fingerprint density at radius 1 is 1.24 bits per heavy atom. The van der Waals surface area contributed by atoms with Crippen LogP contribution in [0.1, 0.15) is 60.1 Å². The maximum atomic E-state index is 16.2. The molecule has 1 aromatic heterocycles. The molecule has 0 aromatic carbocycles. The number of aromatic nitrogens is 1. The van der Waals surface area contributed by atoms with Crippen LogP contribution in [0.25, 0.3) is 0 Å². The molecule has 1 aliphatic carbocycles. The molecule has 33 heavy (non-hydrogen) atoms. The van der Waals surface area contributed by atoms with Crippen molar-refractivity contribution in [2.75, 3.05) is 18.9 Å². The number of nitrogens with two attached hydrogens (primary N) is 1. The third kappa shape index (κ3) is 4.45. The molecule has 2 atom stereocenters. The Balaban J connectivity index is 2.20. The Labute approximate surface area is 207 Å². The van der Waals surface area contributed by atoms with E-state index in [0.717, 1.165) is 36.2 Å². The summed E-state index contributed by atoms with van der Waals surface area (Å²) in [5.74, 6) is -0.106. The molecular formula is C23H38BrFN4O2SSi. The van der Waals surface area contributed by atoms with Gasteiger partial charge in [0, 0.05) is 5.41 Å². The number of hydrogen-bond donors (Lipinski definition) is 2. The highest BCUT2D eigenvalue weighted by Crippen LogP contribution is 2.46. The monoisotopic (exact) mass is 560 g/mol. The standard InChI is InChI=1S/C23H38BrFN4O2SSi/c1-7-33(8-2,9-3)16-12-17(24)28-19(18(16)25)22(6)15-32(31,21(4,5)20(26)29-22)27-13-23(14-30)10-11-23/h12,30H,7-11,13-15H2,1-6H3,(H2,26,29)/t22-,32+/m0/s1. The zero-order valence-electron chi connectivity index (χ0n) is 20.7. The minimum atomic E-state index is -2.92. The molecule has 0 unspecified atom stereocenters. The van der Waals surface area contributed by atoms with Crippen LogP contribution in [0.2, 0.25) is 18.1 Å². The fourth-order valence-electron chi connectivity index (χ4n) is 4.83. The summed E-state index contributed by atoms with van der Waals surface area (Å²) in [4.78, 5) is 9.24. The Morgan fingerprint density at radius 3 is 2.30 bits per heavy atom. The fourth-order valence-corrected chi connectivity index (χ4v) is 11.7. The Bertz CT molecular complexity index is 1070. The van der Waals surface area contributed by atoms with Gasteiger partial charge in [-0.05, 0) is 60.8 Å². The zero-order chi connectivity index (χ0) is 24.9. The van der Waals surface area contributed by atoms with Crippen LogP contribution in [0.3, 0.4) is 0 Å². The first-order valence-electron chi connectivity index (χ1n) is 11.8. The molecule has 0 bridgehead atoms. The van der Waals surface area contributed by atoms with E-state index in [1.165, 1.54) is 0 Å². The number of hydrogen-bond acceptors (Lipinski definition) is 6. The van der Waals surface area contributed by atoms with E-state index in [-0.39, 0.29) is 35.1 Å². The summed E-state index contributed by atoms with van der Waals surface area (Å²) >= 11 is 3.50. The van der Waals surface area contributed by atoms with Crippen LogP contribution in [0.5, 0.6) is 0 Å². The van der Waals surface area contributed by atoms with E-state index in [9.17, 15) is 9.32 Å². The van der Waals surface area contributed by atoms with Crippen molar-refractivity contribution in [1.82, 2.24) is 4.98 Å². The Hall–Kier alpha value is -0.843. The smallest absolute Gasteiger partial charge is 0.146 e. The van der Waals surface area contributed by atoms with E-state index >= 15 is 4.39 Å². The van der Waals surface area contributed by atoms with Crippen molar-refractivity contribution in [2.45, 2.75) is 82.8 Å². The number of aliphatic hydroxyl groups excluding tert-OH is 1. The maximum Gasteiger partial charge on any atom is 0.146 e. The highest BCUT2D eigenvalue weighted by molar-refractivity contribution is 9.10. The summed E-state index contributed by atoms with van der Waals surface area (Å²) in [7, 11) is -4.99. The lowest BCUT2D eigenvalue weighted by atomic mass is 9.98. The second kappa shape index (κ2) is 8.99. The third-order valence-corrected chi connectivity index (χ3v) is 17.5. The van der Waals surface area contributed by atoms with Gasteiger partial charge in [0.25, 0.3) is 0 Å². The molecule has 2 heterocycles. The van der Waals surface area contributed by atoms with Crippen molar-refractivity contribution in [3.8, 4) is 0 Å². The van der Waals surface area contributed by atoms with Crippen LogP contribution in [-0.2, 0) is 15.3 Å².